The smallest absolute Gasteiger partial charge is 0.177 e. The topological polar surface area (TPSA) is 101 Å². The second-order valence-corrected chi connectivity index (χ2v) is 4.23. The van der Waals surface area contributed by atoms with Gasteiger partial charge in [-0.05, 0) is 12.1 Å². The molecule has 7 nitrogen and oxygen atoms in total. The second kappa shape index (κ2) is 4.29. The van der Waals surface area contributed by atoms with Crippen LogP contribution in [-0.4, -0.2) is 54.8 Å². The molecular formula is C11H13N3O4. The predicted molar refractivity (Wildman–Crippen MR) is 60.5 cm³/mol. The molecule has 0 aliphatic carbocycles. The van der Waals surface area contributed by atoms with E-state index >= 15 is 0 Å². The van der Waals surface area contributed by atoms with Crippen LogP contribution in [0.25, 0.3) is 11.2 Å². The summed E-state index contributed by atoms with van der Waals surface area (Å²) < 4.78 is 7.04. The van der Waals surface area contributed by atoms with E-state index in [0.29, 0.717) is 11.2 Å². The molecule has 4 atom stereocenters. The molecule has 1 saturated heterocycles. The lowest BCUT2D eigenvalue weighted by atomic mass is 10.1. The maximum absolute atomic E-state index is 9.94. The zero-order valence-electron chi connectivity index (χ0n) is 9.42. The van der Waals surface area contributed by atoms with Crippen molar-refractivity contribution in [3.8, 4) is 0 Å². The maximum Gasteiger partial charge on any atom is 0.177 e. The first kappa shape index (κ1) is 11.5. The Balaban J connectivity index is 2.00. The number of rotatable bonds is 2. The highest BCUT2D eigenvalue weighted by atomic mass is 16.6. The van der Waals surface area contributed by atoms with Crippen molar-refractivity contribution in [2.75, 3.05) is 6.61 Å². The van der Waals surface area contributed by atoms with Gasteiger partial charge in [-0.3, -0.25) is 4.57 Å². The lowest BCUT2D eigenvalue weighted by Gasteiger charge is -2.16. The van der Waals surface area contributed by atoms with E-state index in [-0.39, 0.29) is 6.61 Å². The number of aliphatic hydroxyl groups excluding tert-OH is 3. The second-order valence-electron chi connectivity index (χ2n) is 4.23. The van der Waals surface area contributed by atoms with Gasteiger partial charge in [-0.1, -0.05) is 0 Å². The maximum atomic E-state index is 9.94. The van der Waals surface area contributed by atoms with Gasteiger partial charge >= 0.3 is 0 Å². The highest BCUT2D eigenvalue weighted by Crippen LogP contribution is 2.31. The lowest BCUT2D eigenvalue weighted by molar-refractivity contribution is -0.0508. The molecular weight excluding hydrogens is 238 g/mol. The van der Waals surface area contributed by atoms with E-state index in [1.54, 1.807) is 22.9 Å². The zero-order valence-corrected chi connectivity index (χ0v) is 9.42. The van der Waals surface area contributed by atoms with Gasteiger partial charge in [0.25, 0.3) is 0 Å². The van der Waals surface area contributed by atoms with E-state index in [9.17, 15) is 10.2 Å². The average Bonchev–Trinajstić information content (AvgIpc) is 2.93. The first-order valence-electron chi connectivity index (χ1n) is 5.62. The molecule has 0 aromatic carbocycles. The van der Waals surface area contributed by atoms with Crippen LogP contribution >= 0.6 is 0 Å². The van der Waals surface area contributed by atoms with Gasteiger partial charge in [0.05, 0.1) is 18.5 Å². The number of fused-ring (bicyclic) bond motifs is 1. The number of aliphatic hydroxyl groups is 3. The largest absolute Gasteiger partial charge is 0.394 e. The Bertz CT molecular complexity index is 558. The Morgan fingerprint density at radius 1 is 1.28 bits per heavy atom. The standard InChI is InChI=1S/C11H13N3O4/c15-4-7-8(16)9(17)11(18-7)14-5-13-10-6(14)2-1-3-12-10/h1-3,5,7-9,11,15-17H,4H2. The quantitative estimate of drug-likeness (QED) is 0.635. The molecule has 18 heavy (non-hydrogen) atoms. The summed E-state index contributed by atoms with van der Waals surface area (Å²) in [7, 11) is 0. The SMILES string of the molecule is OCC1OC(n2cnc3ncccc32)C(O)C1O. The average molecular weight is 251 g/mol. The Labute approximate surface area is 102 Å². The van der Waals surface area contributed by atoms with Gasteiger partial charge in [-0.15, -0.1) is 0 Å². The normalized spacial score (nSPS) is 32.2. The minimum atomic E-state index is -1.12. The molecule has 96 valence electrons. The Morgan fingerprint density at radius 3 is 2.83 bits per heavy atom. The van der Waals surface area contributed by atoms with Crippen molar-refractivity contribution in [2.24, 2.45) is 0 Å². The van der Waals surface area contributed by atoms with Gasteiger partial charge in [0, 0.05) is 6.20 Å². The third kappa shape index (κ3) is 1.60. The van der Waals surface area contributed by atoms with Crippen molar-refractivity contribution < 1.29 is 20.1 Å². The molecule has 3 N–H and O–H groups in total. The van der Waals surface area contributed by atoms with Crippen LogP contribution in [0.2, 0.25) is 0 Å². The molecule has 2 aromatic heterocycles. The number of ether oxygens (including phenoxy) is 1. The summed E-state index contributed by atoms with van der Waals surface area (Å²) in [5.41, 5.74) is 1.24. The van der Waals surface area contributed by atoms with Crippen molar-refractivity contribution in [3.05, 3.63) is 24.7 Å². The van der Waals surface area contributed by atoms with Gasteiger partial charge in [-0.2, -0.15) is 0 Å². The molecule has 1 aliphatic heterocycles. The Hall–Kier alpha value is -1.54. The molecule has 0 spiro atoms. The van der Waals surface area contributed by atoms with Gasteiger partial charge in [0.15, 0.2) is 11.9 Å². The van der Waals surface area contributed by atoms with Crippen LogP contribution in [0, 0.1) is 0 Å². The van der Waals surface area contributed by atoms with Crippen molar-refractivity contribution >= 4 is 11.2 Å². The molecule has 4 unspecified atom stereocenters. The van der Waals surface area contributed by atoms with Crippen molar-refractivity contribution in [3.63, 3.8) is 0 Å². The van der Waals surface area contributed by atoms with Crippen molar-refractivity contribution in [1.82, 2.24) is 14.5 Å². The number of hydrogen-bond acceptors (Lipinski definition) is 6. The van der Waals surface area contributed by atoms with Crippen LogP contribution in [0.3, 0.4) is 0 Å². The van der Waals surface area contributed by atoms with Crippen LogP contribution in [0.15, 0.2) is 24.7 Å². The molecule has 3 heterocycles. The number of hydrogen-bond donors (Lipinski definition) is 3. The summed E-state index contributed by atoms with van der Waals surface area (Å²) in [5, 5.41) is 28.7. The molecule has 1 fully saturated rings. The summed E-state index contributed by atoms with van der Waals surface area (Å²) >= 11 is 0. The summed E-state index contributed by atoms with van der Waals surface area (Å²) in [6.45, 7) is -0.348. The fraction of sp³-hybridized carbons (Fsp3) is 0.455. The highest BCUT2D eigenvalue weighted by Gasteiger charge is 2.43. The van der Waals surface area contributed by atoms with Crippen LogP contribution in [-0.2, 0) is 4.74 Å². The van der Waals surface area contributed by atoms with E-state index in [4.69, 9.17) is 9.84 Å². The lowest BCUT2D eigenvalue weighted by Crippen LogP contribution is -2.33. The third-order valence-corrected chi connectivity index (χ3v) is 3.14. The van der Waals surface area contributed by atoms with Crippen molar-refractivity contribution in [1.29, 1.82) is 0 Å². The number of imidazole rings is 1. The first-order chi connectivity index (χ1) is 8.72. The first-order valence-corrected chi connectivity index (χ1v) is 5.62. The van der Waals surface area contributed by atoms with Gasteiger partial charge in [-0.25, -0.2) is 9.97 Å². The summed E-state index contributed by atoms with van der Waals surface area (Å²) in [6.07, 6.45) is -0.672. The monoisotopic (exact) mass is 251 g/mol. The minimum Gasteiger partial charge on any atom is -0.394 e. The number of nitrogens with zero attached hydrogens (tertiary/aromatic N) is 3. The minimum absolute atomic E-state index is 0.348. The van der Waals surface area contributed by atoms with Gasteiger partial charge in [0.2, 0.25) is 0 Å². The van der Waals surface area contributed by atoms with Gasteiger partial charge < -0.3 is 20.1 Å². The Kier molecular flexibility index (Phi) is 2.75. The molecule has 2 aromatic rings. The van der Waals surface area contributed by atoms with E-state index in [1.165, 1.54) is 6.33 Å². The molecule has 0 radical (unpaired) electrons. The van der Waals surface area contributed by atoms with Gasteiger partial charge in [0.1, 0.15) is 18.3 Å². The van der Waals surface area contributed by atoms with Crippen LogP contribution in [0.5, 0.6) is 0 Å². The van der Waals surface area contributed by atoms with Crippen LogP contribution in [0.4, 0.5) is 0 Å². The zero-order chi connectivity index (χ0) is 12.7. The molecule has 0 amide bonds. The molecule has 7 heteroatoms. The summed E-state index contributed by atoms with van der Waals surface area (Å²) in [5.74, 6) is 0. The van der Waals surface area contributed by atoms with Crippen LogP contribution in [0.1, 0.15) is 6.23 Å². The summed E-state index contributed by atoms with van der Waals surface area (Å²) in [4.78, 5) is 8.17. The van der Waals surface area contributed by atoms with Crippen LogP contribution < -0.4 is 0 Å². The third-order valence-electron chi connectivity index (χ3n) is 3.14. The molecule has 0 bridgehead atoms. The fourth-order valence-corrected chi connectivity index (χ4v) is 2.18. The highest BCUT2D eigenvalue weighted by molar-refractivity contribution is 5.70. The Morgan fingerprint density at radius 2 is 2.11 bits per heavy atom. The number of pyridine rings is 1. The van der Waals surface area contributed by atoms with E-state index in [0.717, 1.165) is 0 Å². The fourth-order valence-electron chi connectivity index (χ4n) is 2.18. The van der Waals surface area contributed by atoms with E-state index in [1.807, 2.05) is 0 Å². The predicted octanol–water partition coefficient (Wildman–Crippen LogP) is -0.957. The van der Waals surface area contributed by atoms with E-state index in [2.05, 4.69) is 9.97 Å². The molecule has 0 saturated carbocycles. The van der Waals surface area contributed by atoms with E-state index < -0.39 is 24.5 Å². The van der Waals surface area contributed by atoms with Crippen molar-refractivity contribution in [2.45, 2.75) is 24.5 Å². The number of aromatic nitrogens is 3. The molecule has 1 aliphatic rings. The molecule has 3 rings (SSSR count). The summed E-state index contributed by atoms with van der Waals surface area (Å²) in [6, 6.07) is 3.55.